The standard InChI is InChI=1S/C16H18N4O2/c21-16-11-22-14-10-19(9-13(14)17-16)15-6-7-20(18-15)8-12-4-2-1-3-5-12/h1-7,13-14H,8-11H2,(H,17,21). The number of carbonyl (C=O) groups is 1. The van der Waals surface area contributed by atoms with Crippen LogP contribution in [0.5, 0.6) is 0 Å². The third-order valence-corrected chi connectivity index (χ3v) is 4.18. The van der Waals surface area contributed by atoms with Gasteiger partial charge in [-0.25, -0.2) is 0 Å². The third kappa shape index (κ3) is 2.57. The Morgan fingerprint density at radius 1 is 1.23 bits per heavy atom. The Labute approximate surface area is 128 Å². The highest BCUT2D eigenvalue weighted by Gasteiger charge is 2.38. The van der Waals surface area contributed by atoms with E-state index in [2.05, 4.69) is 27.4 Å². The predicted octanol–water partition coefficient (Wildman–Crippen LogP) is 0.635. The van der Waals surface area contributed by atoms with Crippen molar-refractivity contribution in [3.63, 3.8) is 0 Å². The monoisotopic (exact) mass is 298 g/mol. The first-order valence-electron chi connectivity index (χ1n) is 7.51. The molecule has 2 aliphatic rings. The van der Waals surface area contributed by atoms with Crippen molar-refractivity contribution in [3.05, 3.63) is 48.2 Å². The molecule has 6 heteroatoms. The fourth-order valence-electron chi connectivity index (χ4n) is 3.08. The Kier molecular flexibility index (Phi) is 3.31. The molecule has 1 aromatic heterocycles. The molecule has 2 fully saturated rings. The van der Waals surface area contributed by atoms with Gasteiger partial charge in [0.1, 0.15) is 6.61 Å². The largest absolute Gasteiger partial charge is 0.364 e. The average molecular weight is 298 g/mol. The van der Waals surface area contributed by atoms with Crippen molar-refractivity contribution >= 4 is 11.7 Å². The Morgan fingerprint density at radius 3 is 2.95 bits per heavy atom. The SMILES string of the molecule is O=C1COC2CN(c3ccn(Cc4ccccc4)n3)CC2N1. The first-order valence-corrected chi connectivity index (χ1v) is 7.51. The number of hydrogen-bond acceptors (Lipinski definition) is 4. The van der Waals surface area contributed by atoms with Crippen molar-refractivity contribution in [2.75, 3.05) is 24.6 Å². The lowest BCUT2D eigenvalue weighted by Crippen LogP contribution is -2.50. The summed E-state index contributed by atoms with van der Waals surface area (Å²) < 4.78 is 7.52. The van der Waals surface area contributed by atoms with Crippen molar-refractivity contribution in [2.45, 2.75) is 18.7 Å². The van der Waals surface area contributed by atoms with Crippen LogP contribution in [0.15, 0.2) is 42.6 Å². The lowest BCUT2D eigenvalue weighted by molar-refractivity contribution is -0.134. The average Bonchev–Trinajstić information content (AvgIpc) is 3.14. The van der Waals surface area contributed by atoms with Crippen molar-refractivity contribution < 1.29 is 9.53 Å². The maximum atomic E-state index is 11.4. The molecule has 1 amide bonds. The summed E-state index contributed by atoms with van der Waals surface area (Å²) >= 11 is 0. The van der Waals surface area contributed by atoms with E-state index in [-0.39, 0.29) is 24.7 Å². The molecule has 1 aromatic carbocycles. The van der Waals surface area contributed by atoms with Crippen LogP contribution in [-0.2, 0) is 16.1 Å². The molecule has 6 nitrogen and oxygen atoms in total. The summed E-state index contributed by atoms with van der Waals surface area (Å²) in [4.78, 5) is 13.6. The number of benzene rings is 1. The van der Waals surface area contributed by atoms with E-state index in [1.54, 1.807) is 0 Å². The molecule has 2 unspecified atom stereocenters. The lowest BCUT2D eigenvalue weighted by Gasteiger charge is -2.24. The molecule has 2 saturated heterocycles. The lowest BCUT2D eigenvalue weighted by atomic mass is 10.2. The Morgan fingerprint density at radius 2 is 2.09 bits per heavy atom. The Balaban J connectivity index is 1.45. The summed E-state index contributed by atoms with van der Waals surface area (Å²) in [6.07, 6.45) is 2.06. The van der Waals surface area contributed by atoms with Crippen LogP contribution in [0.25, 0.3) is 0 Å². The van der Waals surface area contributed by atoms with E-state index in [1.165, 1.54) is 5.56 Å². The number of hydrogen-bond donors (Lipinski definition) is 1. The second-order valence-electron chi connectivity index (χ2n) is 5.79. The van der Waals surface area contributed by atoms with Gasteiger partial charge in [-0.15, -0.1) is 0 Å². The third-order valence-electron chi connectivity index (χ3n) is 4.18. The van der Waals surface area contributed by atoms with E-state index >= 15 is 0 Å². The van der Waals surface area contributed by atoms with Crippen LogP contribution < -0.4 is 10.2 Å². The number of anilines is 1. The zero-order valence-electron chi connectivity index (χ0n) is 12.2. The number of fused-ring (bicyclic) bond motifs is 1. The van der Waals surface area contributed by atoms with Crippen molar-refractivity contribution in [2.24, 2.45) is 0 Å². The summed E-state index contributed by atoms with van der Waals surface area (Å²) in [5.41, 5.74) is 1.22. The summed E-state index contributed by atoms with van der Waals surface area (Å²) in [6, 6.07) is 12.3. The van der Waals surface area contributed by atoms with Crippen molar-refractivity contribution in [3.8, 4) is 0 Å². The van der Waals surface area contributed by atoms with Gasteiger partial charge in [-0.3, -0.25) is 9.48 Å². The van der Waals surface area contributed by atoms with Gasteiger partial charge in [0.05, 0.1) is 18.7 Å². The summed E-state index contributed by atoms with van der Waals surface area (Å²) in [6.45, 7) is 2.44. The highest BCUT2D eigenvalue weighted by atomic mass is 16.5. The van der Waals surface area contributed by atoms with Gasteiger partial charge in [0, 0.05) is 25.4 Å². The second kappa shape index (κ2) is 5.46. The molecule has 2 aliphatic heterocycles. The molecule has 114 valence electrons. The molecule has 1 N–H and O–H groups in total. The molecule has 0 spiro atoms. The Bertz CT molecular complexity index is 670. The number of morpholine rings is 1. The normalized spacial score (nSPS) is 24.2. The number of aromatic nitrogens is 2. The summed E-state index contributed by atoms with van der Waals surface area (Å²) in [5.74, 6) is 0.904. The van der Waals surface area contributed by atoms with E-state index in [0.29, 0.717) is 0 Å². The predicted molar refractivity (Wildman–Crippen MR) is 81.7 cm³/mol. The molecule has 22 heavy (non-hydrogen) atoms. The van der Waals surface area contributed by atoms with Gasteiger partial charge in [-0.1, -0.05) is 30.3 Å². The molecule has 2 aromatic rings. The molecular weight excluding hydrogens is 280 g/mol. The first kappa shape index (κ1) is 13.3. The molecule has 0 radical (unpaired) electrons. The van der Waals surface area contributed by atoms with Crippen LogP contribution in [0.4, 0.5) is 5.82 Å². The van der Waals surface area contributed by atoms with Crippen molar-refractivity contribution in [1.82, 2.24) is 15.1 Å². The van der Waals surface area contributed by atoms with E-state index in [9.17, 15) is 4.79 Å². The van der Waals surface area contributed by atoms with Gasteiger partial charge in [0.25, 0.3) is 0 Å². The van der Waals surface area contributed by atoms with Crippen LogP contribution >= 0.6 is 0 Å². The summed E-state index contributed by atoms with van der Waals surface area (Å²) in [7, 11) is 0. The minimum Gasteiger partial charge on any atom is -0.364 e. The Hall–Kier alpha value is -2.34. The van der Waals surface area contributed by atoms with E-state index in [4.69, 9.17) is 4.74 Å². The molecule has 2 atom stereocenters. The number of rotatable bonds is 3. The molecule has 0 bridgehead atoms. The van der Waals surface area contributed by atoms with Gasteiger partial charge in [-0.2, -0.15) is 5.10 Å². The van der Waals surface area contributed by atoms with Crippen LogP contribution in [0.3, 0.4) is 0 Å². The highest BCUT2D eigenvalue weighted by Crippen LogP contribution is 2.22. The zero-order valence-corrected chi connectivity index (χ0v) is 12.2. The fraction of sp³-hybridized carbons (Fsp3) is 0.375. The quantitative estimate of drug-likeness (QED) is 0.903. The minimum absolute atomic E-state index is 0.0299. The second-order valence-corrected chi connectivity index (χ2v) is 5.79. The number of ether oxygens (including phenoxy) is 1. The number of carbonyl (C=O) groups excluding carboxylic acids is 1. The van der Waals surface area contributed by atoms with Gasteiger partial charge in [-0.05, 0) is 5.56 Å². The molecule has 0 aliphatic carbocycles. The molecular formula is C16H18N4O2. The maximum Gasteiger partial charge on any atom is 0.246 e. The van der Waals surface area contributed by atoms with E-state index in [0.717, 1.165) is 25.5 Å². The summed E-state index contributed by atoms with van der Waals surface area (Å²) in [5, 5.41) is 7.62. The van der Waals surface area contributed by atoms with Crippen LogP contribution in [0.1, 0.15) is 5.56 Å². The smallest absolute Gasteiger partial charge is 0.246 e. The number of nitrogens with one attached hydrogen (secondary N) is 1. The van der Waals surface area contributed by atoms with Gasteiger partial charge < -0.3 is 15.0 Å². The number of amides is 1. The van der Waals surface area contributed by atoms with Gasteiger partial charge in [0.15, 0.2) is 5.82 Å². The highest BCUT2D eigenvalue weighted by molar-refractivity contribution is 5.78. The van der Waals surface area contributed by atoms with Crippen LogP contribution in [0.2, 0.25) is 0 Å². The van der Waals surface area contributed by atoms with Gasteiger partial charge in [0.2, 0.25) is 5.91 Å². The maximum absolute atomic E-state index is 11.4. The topological polar surface area (TPSA) is 59.4 Å². The zero-order chi connectivity index (χ0) is 14.9. The molecule has 0 saturated carbocycles. The van der Waals surface area contributed by atoms with Gasteiger partial charge >= 0.3 is 0 Å². The van der Waals surface area contributed by atoms with Crippen molar-refractivity contribution in [1.29, 1.82) is 0 Å². The molecule has 4 rings (SSSR count). The van der Waals surface area contributed by atoms with Crippen LogP contribution in [-0.4, -0.2) is 47.5 Å². The van der Waals surface area contributed by atoms with E-state index in [1.807, 2.05) is 35.1 Å². The fourth-order valence-corrected chi connectivity index (χ4v) is 3.08. The minimum atomic E-state index is -0.0299. The first-order chi connectivity index (χ1) is 10.8. The number of nitrogens with zero attached hydrogens (tertiary/aromatic N) is 3. The van der Waals surface area contributed by atoms with E-state index < -0.39 is 0 Å². The molecule has 3 heterocycles. The van der Waals surface area contributed by atoms with Crippen LogP contribution in [0, 0.1) is 0 Å².